The summed E-state index contributed by atoms with van der Waals surface area (Å²) in [6.45, 7) is 4.33. The molecule has 1 unspecified atom stereocenters. The number of aliphatic imine (C=N–C) groups is 2. The van der Waals surface area contributed by atoms with Crippen LogP contribution in [0.5, 0.6) is 0 Å². The van der Waals surface area contributed by atoms with Crippen molar-refractivity contribution in [3.63, 3.8) is 0 Å². The van der Waals surface area contributed by atoms with Crippen LogP contribution in [0.15, 0.2) is 34.3 Å². The molecule has 3 aliphatic heterocycles. The van der Waals surface area contributed by atoms with E-state index in [1.165, 1.54) is 11.3 Å². The normalized spacial score (nSPS) is 25.4. The van der Waals surface area contributed by atoms with Gasteiger partial charge in [0.15, 0.2) is 0 Å². The smallest absolute Gasteiger partial charge is 0.244 e. The molecule has 0 spiro atoms. The first-order valence-electron chi connectivity index (χ1n) is 9.14. The van der Waals surface area contributed by atoms with Gasteiger partial charge in [0.2, 0.25) is 11.9 Å². The van der Waals surface area contributed by atoms with Crippen LogP contribution >= 0.6 is 11.3 Å². The number of aromatic nitrogens is 1. The number of benzene rings is 1. The second-order valence-corrected chi connectivity index (χ2v) is 7.84. The Morgan fingerprint density at radius 3 is 2.78 bits per heavy atom. The minimum absolute atomic E-state index is 0.114. The predicted octanol–water partition coefficient (Wildman–Crippen LogP) is 0.568. The largest absolute Gasteiger partial charge is 0.378 e. The van der Waals surface area contributed by atoms with Gasteiger partial charge in [0.25, 0.3) is 0 Å². The topological polar surface area (TPSA) is 91.2 Å². The molecule has 0 bridgehead atoms. The lowest BCUT2D eigenvalue weighted by Gasteiger charge is -2.33. The molecular weight excluding hydrogens is 364 g/mol. The maximum absolute atomic E-state index is 13.0. The Morgan fingerprint density at radius 1 is 1.22 bits per heavy atom. The highest BCUT2D eigenvalue weighted by atomic mass is 32.1. The average Bonchev–Trinajstić information content (AvgIpc) is 3.08. The van der Waals surface area contributed by atoms with E-state index in [4.69, 9.17) is 14.7 Å². The van der Waals surface area contributed by atoms with Crippen molar-refractivity contribution < 1.29 is 9.53 Å². The maximum Gasteiger partial charge on any atom is 0.244 e. The number of nitrogens with one attached hydrogen (secondary N) is 2. The summed E-state index contributed by atoms with van der Waals surface area (Å²) in [5, 5.41) is 6.93. The van der Waals surface area contributed by atoms with Crippen molar-refractivity contribution in [3.8, 4) is 0 Å². The van der Waals surface area contributed by atoms with Crippen LogP contribution in [0.2, 0.25) is 0 Å². The van der Waals surface area contributed by atoms with Crippen molar-refractivity contribution in [2.75, 3.05) is 39.4 Å². The van der Waals surface area contributed by atoms with Gasteiger partial charge in [0.1, 0.15) is 16.8 Å². The van der Waals surface area contributed by atoms with E-state index < -0.39 is 5.92 Å². The van der Waals surface area contributed by atoms with Crippen molar-refractivity contribution in [3.05, 3.63) is 29.3 Å². The molecule has 8 nitrogen and oxygen atoms in total. The van der Waals surface area contributed by atoms with Crippen LogP contribution in [-0.2, 0) is 9.53 Å². The number of thiazole rings is 1. The van der Waals surface area contributed by atoms with Crippen LogP contribution in [0.1, 0.15) is 10.9 Å². The summed E-state index contributed by atoms with van der Waals surface area (Å²) >= 11 is 1.53. The molecule has 2 N–H and O–H groups in total. The molecule has 5 rings (SSSR count). The molecule has 2 fully saturated rings. The number of amidine groups is 1. The molecule has 1 atom stereocenters. The molecule has 140 valence electrons. The summed E-state index contributed by atoms with van der Waals surface area (Å²) in [5.74, 6) is 0.460. The van der Waals surface area contributed by atoms with Gasteiger partial charge in [-0.3, -0.25) is 15.1 Å². The van der Waals surface area contributed by atoms with Gasteiger partial charge in [0, 0.05) is 26.2 Å². The fraction of sp³-hybridized carbons (Fsp3) is 0.444. The molecule has 0 saturated carbocycles. The third kappa shape index (κ3) is 3.22. The maximum atomic E-state index is 13.0. The van der Waals surface area contributed by atoms with Crippen LogP contribution in [0.25, 0.3) is 10.2 Å². The Morgan fingerprint density at radius 2 is 2.04 bits per heavy atom. The van der Waals surface area contributed by atoms with Crippen LogP contribution < -0.4 is 10.6 Å². The van der Waals surface area contributed by atoms with Gasteiger partial charge < -0.3 is 15.0 Å². The monoisotopic (exact) mass is 384 g/mol. The molecule has 0 radical (unpaired) electrons. The molecule has 1 aromatic carbocycles. The van der Waals surface area contributed by atoms with E-state index in [0.717, 1.165) is 28.3 Å². The summed E-state index contributed by atoms with van der Waals surface area (Å²) in [6.07, 6.45) is 0. The van der Waals surface area contributed by atoms with Crippen molar-refractivity contribution in [1.82, 2.24) is 20.5 Å². The molecule has 2 aromatic rings. The summed E-state index contributed by atoms with van der Waals surface area (Å²) in [4.78, 5) is 29.3. The Balaban J connectivity index is 1.53. The van der Waals surface area contributed by atoms with Gasteiger partial charge in [-0.2, -0.15) is 4.99 Å². The fourth-order valence-electron chi connectivity index (χ4n) is 3.32. The van der Waals surface area contributed by atoms with E-state index in [1.807, 2.05) is 29.2 Å². The van der Waals surface area contributed by atoms with E-state index in [2.05, 4.69) is 15.6 Å². The summed E-state index contributed by atoms with van der Waals surface area (Å²) in [5.41, 5.74) is 0.901. The van der Waals surface area contributed by atoms with Gasteiger partial charge in [0.05, 0.1) is 29.5 Å². The second kappa shape index (κ2) is 6.99. The van der Waals surface area contributed by atoms with Crippen molar-refractivity contribution in [1.29, 1.82) is 0 Å². The first kappa shape index (κ1) is 16.8. The summed E-state index contributed by atoms with van der Waals surface area (Å²) in [6, 6.07) is 8.08. The lowest BCUT2D eigenvalue weighted by molar-refractivity contribution is -0.120. The van der Waals surface area contributed by atoms with Crippen LogP contribution in [0.4, 0.5) is 0 Å². The van der Waals surface area contributed by atoms with Crippen molar-refractivity contribution in [2.24, 2.45) is 9.98 Å². The highest BCUT2D eigenvalue weighted by Gasteiger charge is 2.37. The number of carbonyl (C=O) groups excluding carboxylic acids is 1. The Hall–Kier alpha value is -2.36. The van der Waals surface area contributed by atoms with E-state index in [1.54, 1.807) is 0 Å². The predicted molar refractivity (Wildman–Crippen MR) is 104 cm³/mol. The number of nitrogens with zero attached hydrogens (tertiary/aromatic N) is 4. The standard InChI is InChI=1S/C18H20N6O2S/c25-16-14(17-21-12-3-1-2-4-13(12)27-17)15(20-11-9-19-10-11)22-18(23-16)24-5-7-26-8-6-24/h1-4,11,14,19H,5-10H2,(H,20,22,23,25). The highest BCUT2D eigenvalue weighted by Crippen LogP contribution is 2.30. The second-order valence-electron chi connectivity index (χ2n) is 6.78. The fourth-order valence-corrected chi connectivity index (χ4v) is 4.38. The minimum Gasteiger partial charge on any atom is -0.378 e. The van der Waals surface area contributed by atoms with Gasteiger partial charge >= 0.3 is 0 Å². The number of para-hydroxylation sites is 1. The quantitative estimate of drug-likeness (QED) is 0.790. The van der Waals surface area contributed by atoms with E-state index in [-0.39, 0.29) is 11.9 Å². The number of amides is 1. The number of hydrogen-bond acceptors (Lipinski definition) is 7. The van der Waals surface area contributed by atoms with Crippen LogP contribution in [0, 0.1) is 0 Å². The average molecular weight is 384 g/mol. The Bertz CT molecular complexity index is 896. The zero-order valence-corrected chi connectivity index (χ0v) is 15.5. The molecule has 9 heteroatoms. The Labute approximate surface area is 160 Å². The molecular formula is C18H20N6O2S. The SMILES string of the molecule is O=C1NC(N2CCOCC2)=NC(=NC2CNC2)C1c1nc2ccccc2s1. The summed E-state index contributed by atoms with van der Waals surface area (Å²) in [7, 11) is 0. The van der Waals surface area contributed by atoms with E-state index in [0.29, 0.717) is 38.1 Å². The summed E-state index contributed by atoms with van der Waals surface area (Å²) < 4.78 is 6.47. The number of ether oxygens (including phenoxy) is 1. The molecule has 4 heterocycles. The first-order valence-corrected chi connectivity index (χ1v) is 9.96. The molecule has 2 saturated heterocycles. The number of carbonyl (C=O) groups is 1. The minimum atomic E-state index is -0.562. The number of hydrogen-bond donors (Lipinski definition) is 2. The lowest BCUT2D eigenvalue weighted by Crippen LogP contribution is -2.54. The number of rotatable bonds is 2. The van der Waals surface area contributed by atoms with Gasteiger partial charge in [-0.05, 0) is 12.1 Å². The first-order chi connectivity index (χ1) is 13.3. The zero-order valence-electron chi connectivity index (χ0n) is 14.7. The Kier molecular flexibility index (Phi) is 4.35. The zero-order chi connectivity index (χ0) is 18.2. The van der Waals surface area contributed by atoms with E-state index in [9.17, 15) is 4.79 Å². The molecule has 3 aliphatic rings. The molecule has 27 heavy (non-hydrogen) atoms. The molecule has 0 aliphatic carbocycles. The van der Waals surface area contributed by atoms with Crippen molar-refractivity contribution in [2.45, 2.75) is 12.0 Å². The van der Waals surface area contributed by atoms with Gasteiger partial charge in [-0.1, -0.05) is 12.1 Å². The highest BCUT2D eigenvalue weighted by molar-refractivity contribution is 7.18. The number of guanidine groups is 1. The van der Waals surface area contributed by atoms with Crippen LogP contribution in [0.3, 0.4) is 0 Å². The third-order valence-corrected chi connectivity index (χ3v) is 6.02. The third-order valence-electron chi connectivity index (χ3n) is 4.92. The van der Waals surface area contributed by atoms with Gasteiger partial charge in [-0.15, -0.1) is 11.3 Å². The lowest BCUT2D eigenvalue weighted by atomic mass is 10.1. The van der Waals surface area contributed by atoms with E-state index >= 15 is 0 Å². The molecule has 1 aromatic heterocycles. The number of fused-ring (bicyclic) bond motifs is 1. The molecule has 1 amide bonds. The van der Waals surface area contributed by atoms with Crippen LogP contribution in [-0.4, -0.2) is 73.0 Å². The van der Waals surface area contributed by atoms with Gasteiger partial charge in [-0.25, -0.2) is 4.98 Å². The van der Waals surface area contributed by atoms with Crippen molar-refractivity contribution >= 4 is 39.3 Å². The number of morpholine rings is 1.